The lowest BCUT2D eigenvalue weighted by Crippen LogP contribution is -2.14. The second-order valence-corrected chi connectivity index (χ2v) is 5.00. The van der Waals surface area contributed by atoms with Crippen molar-refractivity contribution >= 4 is 13.0 Å². The van der Waals surface area contributed by atoms with E-state index in [1.165, 1.54) is 0 Å². The normalized spacial score (nSPS) is 11.7. The van der Waals surface area contributed by atoms with Crippen LogP contribution < -0.4 is 5.44 Å². The standard InChI is InChI=1S/C10H16NO3P/c1-4-13-15(12,14-5-2)10-7-6-9(3)8-11-10/h6-8H,4-5H2,1-3H3. The molecule has 1 aromatic heterocycles. The molecule has 1 heterocycles. The molecular weight excluding hydrogens is 213 g/mol. The summed E-state index contributed by atoms with van der Waals surface area (Å²) >= 11 is 0. The molecule has 0 atom stereocenters. The van der Waals surface area contributed by atoms with Crippen molar-refractivity contribution in [2.24, 2.45) is 0 Å². The average molecular weight is 229 g/mol. The van der Waals surface area contributed by atoms with Crippen LogP contribution in [0.25, 0.3) is 0 Å². The fourth-order valence-corrected chi connectivity index (χ4v) is 2.61. The predicted octanol–water partition coefficient (Wildman–Crippen LogP) is 2.28. The fraction of sp³-hybridized carbons (Fsp3) is 0.500. The van der Waals surface area contributed by atoms with Crippen LogP contribution >= 0.6 is 7.60 Å². The first-order chi connectivity index (χ1) is 7.12. The Morgan fingerprint density at radius 3 is 2.27 bits per heavy atom. The number of aromatic nitrogens is 1. The van der Waals surface area contributed by atoms with E-state index in [2.05, 4.69) is 4.98 Å². The molecule has 0 N–H and O–H groups in total. The molecule has 0 saturated heterocycles. The first-order valence-electron chi connectivity index (χ1n) is 4.94. The maximum atomic E-state index is 12.2. The molecule has 0 aliphatic heterocycles. The van der Waals surface area contributed by atoms with Gasteiger partial charge in [-0.2, -0.15) is 0 Å². The Bertz CT molecular complexity index is 340. The van der Waals surface area contributed by atoms with Gasteiger partial charge in [-0.25, -0.2) is 4.98 Å². The molecule has 0 aliphatic rings. The minimum absolute atomic E-state index is 0.340. The first kappa shape index (κ1) is 12.4. The Morgan fingerprint density at radius 1 is 1.27 bits per heavy atom. The zero-order valence-electron chi connectivity index (χ0n) is 9.27. The van der Waals surface area contributed by atoms with Crippen LogP contribution in [0.2, 0.25) is 0 Å². The third-order valence-corrected chi connectivity index (χ3v) is 3.80. The van der Waals surface area contributed by atoms with Gasteiger partial charge in [-0.1, -0.05) is 6.07 Å². The maximum Gasteiger partial charge on any atom is 0.379 e. The largest absolute Gasteiger partial charge is 0.379 e. The number of hydrogen-bond acceptors (Lipinski definition) is 4. The topological polar surface area (TPSA) is 48.4 Å². The van der Waals surface area contributed by atoms with Gasteiger partial charge in [0, 0.05) is 6.20 Å². The second kappa shape index (κ2) is 5.40. The Kier molecular flexibility index (Phi) is 4.45. The smallest absolute Gasteiger partial charge is 0.304 e. The lowest BCUT2D eigenvalue weighted by molar-refractivity contribution is 0.229. The van der Waals surface area contributed by atoms with Crippen LogP contribution in [0.5, 0.6) is 0 Å². The molecular formula is C10H16NO3P. The van der Waals surface area contributed by atoms with Gasteiger partial charge < -0.3 is 9.05 Å². The van der Waals surface area contributed by atoms with Crippen molar-refractivity contribution in [2.45, 2.75) is 20.8 Å². The van der Waals surface area contributed by atoms with Gasteiger partial charge in [-0.15, -0.1) is 0 Å². The molecule has 0 fully saturated rings. The van der Waals surface area contributed by atoms with E-state index in [1.807, 2.05) is 13.0 Å². The molecule has 0 aliphatic carbocycles. The van der Waals surface area contributed by atoms with Crippen LogP contribution in [-0.2, 0) is 13.6 Å². The Labute approximate surface area is 90.2 Å². The van der Waals surface area contributed by atoms with Gasteiger partial charge in [0.2, 0.25) is 0 Å². The lowest BCUT2D eigenvalue weighted by atomic mass is 10.3. The Hall–Kier alpha value is -0.700. The van der Waals surface area contributed by atoms with E-state index in [0.29, 0.717) is 18.6 Å². The van der Waals surface area contributed by atoms with Gasteiger partial charge in [-0.05, 0) is 32.4 Å². The molecule has 1 aromatic rings. The highest BCUT2D eigenvalue weighted by Gasteiger charge is 2.27. The SMILES string of the molecule is CCOP(=O)(OCC)c1ccc(C)cn1. The number of hydrogen-bond donors (Lipinski definition) is 0. The van der Waals surface area contributed by atoms with E-state index in [4.69, 9.17) is 9.05 Å². The molecule has 4 nitrogen and oxygen atoms in total. The van der Waals surface area contributed by atoms with E-state index in [1.54, 1.807) is 26.1 Å². The number of pyridine rings is 1. The van der Waals surface area contributed by atoms with E-state index >= 15 is 0 Å². The third-order valence-electron chi connectivity index (χ3n) is 1.77. The van der Waals surface area contributed by atoms with Crippen LogP contribution in [-0.4, -0.2) is 18.2 Å². The van der Waals surface area contributed by atoms with Gasteiger partial charge >= 0.3 is 7.60 Å². The average Bonchev–Trinajstić information content (AvgIpc) is 2.19. The summed E-state index contributed by atoms with van der Waals surface area (Å²) in [4.78, 5) is 4.07. The van der Waals surface area contributed by atoms with E-state index < -0.39 is 7.60 Å². The summed E-state index contributed by atoms with van der Waals surface area (Å²) < 4.78 is 22.6. The highest BCUT2D eigenvalue weighted by Crippen LogP contribution is 2.45. The van der Waals surface area contributed by atoms with E-state index in [-0.39, 0.29) is 0 Å². The summed E-state index contributed by atoms with van der Waals surface area (Å²) in [7, 11) is -3.20. The molecule has 0 saturated carbocycles. The van der Waals surface area contributed by atoms with Crippen LogP contribution in [0.4, 0.5) is 0 Å². The summed E-state index contributed by atoms with van der Waals surface area (Å²) in [6, 6.07) is 3.52. The van der Waals surface area contributed by atoms with Crippen molar-refractivity contribution in [3.05, 3.63) is 23.9 Å². The van der Waals surface area contributed by atoms with Crippen LogP contribution in [0.15, 0.2) is 18.3 Å². The van der Waals surface area contributed by atoms with Crippen LogP contribution in [0, 0.1) is 6.92 Å². The van der Waals surface area contributed by atoms with Crippen LogP contribution in [0.1, 0.15) is 19.4 Å². The molecule has 84 valence electrons. The highest BCUT2D eigenvalue weighted by atomic mass is 31.2. The van der Waals surface area contributed by atoms with Gasteiger partial charge in [-0.3, -0.25) is 4.57 Å². The van der Waals surface area contributed by atoms with Crippen molar-refractivity contribution in [1.29, 1.82) is 0 Å². The molecule has 0 radical (unpaired) electrons. The molecule has 1 rings (SSSR count). The number of aryl methyl sites for hydroxylation is 1. The quantitative estimate of drug-likeness (QED) is 0.727. The zero-order chi connectivity index (χ0) is 11.3. The van der Waals surface area contributed by atoms with Crippen molar-refractivity contribution < 1.29 is 13.6 Å². The molecule has 0 bridgehead atoms. The van der Waals surface area contributed by atoms with Gasteiger partial charge in [0.05, 0.1) is 13.2 Å². The van der Waals surface area contributed by atoms with Crippen molar-refractivity contribution in [1.82, 2.24) is 4.98 Å². The molecule has 0 spiro atoms. The van der Waals surface area contributed by atoms with Gasteiger partial charge in [0.25, 0.3) is 0 Å². The molecule has 0 aromatic carbocycles. The monoisotopic (exact) mass is 229 g/mol. The Balaban J connectivity index is 2.98. The van der Waals surface area contributed by atoms with Crippen molar-refractivity contribution in [2.75, 3.05) is 13.2 Å². The van der Waals surface area contributed by atoms with Gasteiger partial charge in [0.15, 0.2) is 5.44 Å². The zero-order valence-corrected chi connectivity index (χ0v) is 10.2. The highest BCUT2D eigenvalue weighted by molar-refractivity contribution is 7.61. The summed E-state index contributed by atoms with van der Waals surface area (Å²) in [5.74, 6) is 0. The second-order valence-electron chi connectivity index (χ2n) is 3.03. The molecule has 0 amide bonds. The maximum absolute atomic E-state index is 12.2. The first-order valence-corrected chi connectivity index (χ1v) is 6.49. The van der Waals surface area contributed by atoms with Crippen molar-refractivity contribution in [3.8, 4) is 0 Å². The third kappa shape index (κ3) is 3.13. The predicted molar refractivity (Wildman–Crippen MR) is 59.5 cm³/mol. The lowest BCUT2D eigenvalue weighted by Gasteiger charge is -2.15. The van der Waals surface area contributed by atoms with Crippen molar-refractivity contribution in [3.63, 3.8) is 0 Å². The molecule has 15 heavy (non-hydrogen) atoms. The summed E-state index contributed by atoms with van der Waals surface area (Å²) in [5, 5.41) is 0. The number of rotatable bonds is 5. The summed E-state index contributed by atoms with van der Waals surface area (Å²) in [6.07, 6.45) is 1.65. The van der Waals surface area contributed by atoms with E-state index in [0.717, 1.165) is 5.56 Å². The minimum atomic E-state index is -3.20. The van der Waals surface area contributed by atoms with Gasteiger partial charge in [0.1, 0.15) is 0 Å². The minimum Gasteiger partial charge on any atom is -0.304 e. The summed E-state index contributed by atoms with van der Waals surface area (Å²) in [5.41, 5.74) is 1.38. The molecule has 0 unspecified atom stereocenters. The number of nitrogens with zero attached hydrogens (tertiary/aromatic N) is 1. The summed E-state index contributed by atoms with van der Waals surface area (Å²) in [6.45, 7) is 6.16. The molecule has 5 heteroatoms. The van der Waals surface area contributed by atoms with E-state index in [9.17, 15) is 4.57 Å². The van der Waals surface area contributed by atoms with Crippen LogP contribution in [0.3, 0.4) is 0 Å². The Morgan fingerprint density at radius 2 is 1.87 bits per heavy atom. The fourth-order valence-electron chi connectivity index (χ4n) is 1.13.